The molecule has 13 heteroatoms. The summed E-state index contributed by atoms with van der Waals surface area (Å²) in [4.78, 5) is 24.6. The summed E-state index contributed by atoms with van der Waals surface area (Å²) in [6, 6.07) is 12.0. The lowest BCUT2D eigenvalue weighted by atomic mass is 10.1. The van der Waals surface area contributed by atoms with Crippen molar-refractivity contribution < 1.29 is 35.2 Å². The van der Waals surface area contributed by atoms with Gasteiger partial charge in [-0.1, -0.05) is 18.2 Å². The second-order valence-corrected chi connectivity index (χ2v) is 10.6. The number of pyridine rings is 1. The first-order valence-corrected chi connectivity index (χ1v) is 13.1. The third-order valence-electron chi connectivity index (χ3n) is 6.15. The van der Waals surface area contributed by atoms with Crippen molar-refractivity contribution in [3.05, 3.63) is 83.3 Å². The molecule has 0 bridgehead atoms. The highest BCUT2D eigenvalue weighted by atomic mass is 32.2. The molecule has 0 N–H and O–H groups in total. The fourth-order valence-corrected chi connectivity index (χ4v) is 5.46. The Kier molecular flexibility index (Phi) is 6.55. The lowest BCUT2D eigenvalue weighted by Crippen LogP contribution is -2.49. The Labute approximate surface area is 214 Å². The van der Waals surface area contributed by atoms with Crippen molar-refractivity contribution >= 4 is 32.9 Å². The van der Waals surface area contributed by atoms with E-state index in [1.165, 1.54) is 30.3 Å². The van der Waals surface area contributed by atoms with Crippen LogP contribution in [0.2, 0.25) is 0 Å². The van der Waals surface area contributed by atoms with Gasteiger partial charge in [0.05, 0.1) is 11.3 Å². The minimum atomic E-state index is -4.64. The predicted molar refractivity (Wildman–Crippen MR) is 129 cm³/mol. The molecule has 0 unspecified atom stereocenters. The standard InChI is InChI=1S/C25H20F4N4O4S/c26-18-6-7-20-21(13-18)37-24(31-20)33-11-9-32(10-12-33)23(34)19-4-2-1-3-16(19)15-38(35,36)22-8-5-17(14-30-22)25(27,28)29/h1-8,13-14H,9-12,15H2. The van der Waals surface area contributed by atoms with E-state index >= 15 is 0 Å². The number of sulfone groups is 1. The van der Waals surface area contributed by atoms with E-state index in [0.717, 1.165) is 6.07 Å². The van der Waals surface area contributed by atoms with Crippen LogP contribution in [0.1, 0.15) is 21.5 Å². The molecule has 1 aliphatic rings. The van der Waals surface area contributed by atoms with Gasteiger partial charge in [0.2, 0.25) is 0 Å². The summed E-state index contributed by atoms with van der Waals surface area (Å²) >= 11 is 0. The van der Waals surface area contributed by atoms with Crippen LogP contribution in [0.5, 0.6) is 0 Å². The highest BCUT2D eigenvalue weighted by molar-refractivity contribution is 7.90. The number of nitrogens with zero attached hydrogens (tertiary/aromatic N) is 4. The Morgan fingerprint density at radius 3 is 2.42 bits per heavy atom. The fourth-order valence-electron chi connectivity index (χ4n) is 4.16. The summed E-state index contributed by atoms with van der Waals surface area (Å²) in [5.41, 5.74) is 0.154. The van der Waals surface area contributed by atoms with Gasteiger partial charge in [0.15, 0.2) is 20.4 Å². The lowest BCUT2D eigenvalue weighted by Gasteiger charge is -2.34. The van der Waals surface area contributed by atoms with Gasteiger partial charge in [-0.25, -0.2) is 17.8 Å². The molecule has 5 rings (SSSR count). The number of benzene rings is 2. The van der Waals surface area contributed by atoms with Gasteiger partial charge in [-0.3, -0.25) is 4.79 Å². The van der Waals surface area contributed by atoms with Crippen molar-refractivity contribution in [2.75, 3.05) is 31.1 Å². The van der Waals surface area contributed by atoms with Crippen LogP contribution in [0.4, 0.5) is 23.6 Å². The molecule has 0 atom stereocenters. The molecular formula is C25H20F4N4O4S. The Morgan fingerprint density at radius 1 is 1.00 bits per heavy atom. The SMILES string of the molecule is O=C(c1ccccc1CS(=O)(=O)c1ccc(C(F)(F)F)cn1)N1CCN(c2nc3ccc(F)cc3o2)CC1. The molecule has 0 radical (unpaired) electrons. The van der Waals surface area contributed by atoms with Crippen LogP contribution in [0.25, 0.3) is 11.1 Å². The second-order valence-electron chi connectivity index (χ2n) is 8.69. The number of rotatable bonds is 5. The summed E-state index contributed by atoms with van der Waals surface area (Å²) < 4.78 is 83.3. The van der Waals surface area contributed by atoms with Crippen LogP contribution in [0.3, 0.4) is 0 Å². The molecule has 1 saturated heterocycles. The molecule has 2 aromatic carbocycles. The zero-order valence-corrected chi connectivity index (χ0v) is 20.5. The Morgan fingerprint density at radius 2 is 1.74 bits per heavy atom. The summed E-state index contributed by atoms with van der Waals surface area (Å²) in [6.45, 7) is 1.37. The minimum Gasteiger partial charge on any atom is -0.423 e. The van der Waals surface area contributed by atoms with E-state index in [4.69, 9.17) is 4.42 Å². The average Bonchev–Trinajstić information content (AvgIpc) is 3.31. The Bertz CT molecular complexity index is 1600. The fraction of sp³-hybridized carbons (Fsp3) is 0.240. The minimum absolute atomic E-state index is 0.175. The van der Waals surface area contributed by atoms with Crippen molar-refractivity contribution in [2.24, 2.45) is 0 Å². The smallest absolute Gasteiger partial charge is 0.417 e. The van der Waals surface area contributed by atoms with Crippen LogP contribution in [0, 0.1) is 5.82 Å². The van der Waals surface area contributed by atoms with Gasteiger partial charge in [0.1, 0.15) is 11.3 Å². The van der Waals surface area contributed by atoms with E-state index < -0.39 is 38.2 Å². The third kappa shape index (κ3) is 5.19. The van der Waals surface area contributed by atoms with E-state index in [2.05, 4.69) is 9.97 Å². The normalized spacial score (nSPS) is 14.7. The number of anilines is 1. The monoisotopic (exact) mass is 548 g/mol. The van der Waals surface area contributed by atoms with Crippen LogP contribution in [-0.2, 0) is 21.8 Å². The number of oxazole rings is 1. The zero-order valence-electron chi connectivity index (χ0n) is 19.7. The number of halogens is 4. The number of hydrogen-bond donors (Lipinski definition) is 0. The molecule has 8 nitrogen and oxygen atoms in total. The molecule has 198 valence electrons. The maximum atomic E-state index is 13.5. The molecule has 0 spiro atoms. The molecule has 2 aromatic heterocycles. The van der Waals surface area contributed by atoms with Crippen molar-refractivity contribution in [1.82, 2.24) is 14.9 Å². The van der Waals surface area contributed by atoms with Gasteiger partial charge in [0.25, 0.3) is 11.9 Å². The largest absolute Gasteiger partial charge is 0.423 e. The van der Waals surface area contributed by atoms with Crippen LogP contribution in [-0.4, -0.2) is 55.4 Å². The van der Waals surface area contributed by atoms with E-state index in [0.29, 0.717) is 55.6 Å². The summed E-state index contributed by atoms with van der Waals surface area (Å²) in [5.74, 6) is -1.42. The molecule has 3 heterocycles. The summed E-state index contributed by atoms with van der Waals surface area (Å²) in [5, 5.41) is -0.514. The average molecular weight is 549 g/mol. The number of piperazine rings is 1. The first kappa shape index (κ1) is 25.6. The predicted octanol–water partition coefficient (Wildman–Crippen LogP) is 4.32. The van der Waals surface area contributed by atoms with Gasteiger partial charge in [-0.15, -0.1) is 0 Å². The molecule has 0 aliphatic carbocycles. The quantitative estimate of drug-likeness (QED) is 0.343. The molecule has 38 heavy (non-hydrogen) atoms. The maximum absolute atomic E-state index is 13.5. The first-order valence-electron chi connectivity index (χ1n) is 11.5. The number of fused-ring (bicyclic) bond motifs is 1. The molecule has 0 saturated carbocycles. The van der Waals surface area contributed by atoms with Crippen molar-refractivity contribution in [2.45, 2.75) is 17.0 Å². The van der Waals surface area contributed by atoms with Crippen molar-refractivity contribution in [3.8, 4) is 0 Å². The molecule has 1 aliphatic heterocycles. The van der Waals surface area contributed by atoms with Gasteiger partial charge >= 0.3 is 6.18 Å². The van der Waals surface area contributed by atoms with E-state index in [9.17, 15) is 30.8 Å². The summed E-state index contributed by atoms with van der Waals surface area (Å²) in [7, 11) is -4.13. The number of alkyl halides is 3. The van der Waals surface area contributed by atoms with Gasteiger partial charge in [-0.2, -0.15) is 18.2 Å². The van der Waals surface area contributed by atoms with Crippen LogP contribution in [0.15, 0.2) is 70.2 Å². The first-order chi connectivity index (χ1) is 18.0. The molecular weight excluding hydrogens is 528 g/mol. The Hall–Kier alpha value is -4.00. The number of amides is 1. The second kappa shape index (κ2) is 9.71. The number of aromatic nitrogens is 2. The van der Waals surface area contributed by atoms with Gasteiger partial charge < -0.3 is 14.2 Å². The highest BCUT2D eigenvalue weighted by Gasteiger charge is 2.32. The van der Waals surface area contributed by atoms with Crippen molar-refractivity contribution in [3.63, 3.8) is 0 Å². The van der Waals surface area contributed by atoms with Crippen LogP contribution >= 0.6 is 0 Å². The van der Waals surface area contributed by atoms with E-state index in [1.807, 2.05) is 4.90 Å². The number of carbonyl (C=O) groups is 1. The molecule has 1 amide bonds. The van der Waals surface area contributed by atoms with Crippen LogP contribution < -0.4 is 4.90 Å². The Balaban J connectivity index is 1.29. The lowest BCUT2D eigenvalue weighted by molar-refractivity contribution is -0.137. The van der Waals surface area contributed by atoms with Gasteiger partial charge in [0, 0.05) is 44.0 Å². The van der Waals surface area contributed by atoms with Crippen molar-refractivity contribution in [1.29, 1.82) is 0 Å². The molecule has 1 fully saturated rings. The third-order valence-corrected chi connectivity index (χ3v) is 7.72. The zero-order chi connectivity index (χ0) is 27.1. The van der Waals surface area contributed by atoms with E-state index in [-0.39, 0.29) is 17.0 Å². The maximum Gasteiger partial charge on any atom is 0.417 e. The molecule has 4 aromatic rings. The van der Waals surface area contributed by atoms with E-state index in [1.54, 1.807) is 17.0 Å². The van der Waals surface area contributed by atoms with Gasteiger partial charge in [-0.05, 0) is 35.9 Å². The number of carbonyl (C=O) groups excluding carboxylic acids is 1. The number of hydrogen-bond acceptors (Lipinski definition) is 7. The highest BCUT2D eigenvalue weighted by Crippen LogP contribution is 2.29. The summed E-state index contributed by atoms with van der Waals surface area (Å²) in [6.07, 6.45) is -4.17. The topological polar surface area (TPSA) is 96.6 Å².